The first-order valence-corrected chi connectivity index (χ1v) is 4.35. The number of hydrogen-bond donors (Lipinski definition) is 3. The van der Waals surface area contributed by atoms with Crippen molar-refractivity contribution < 1.29 is 9.59 Å². The molecule has 84 valence electrons. The molecule has 0 aromatic heterocycles. The molecule has 0 saturated heterocycles. The fourth-order valence-electron chi connectivity index (χ4n) is 0.906. The lowest BCUT2D eigenvalue weighted by atomic mass is 10.1. The van der Waals surface area contributed by atoms with Crippen LogP contribution in [0.15, 0.2) is 0 Å². The third-order valence-corrected chi connectivity index (χ3v) is 1.61. The van der Waals surface area contributed by atoms with Gasteiger partial charge < -0.3 is 11.5 Å². The van der Waals surface area contributed by atoms with Crippen molar-refractivity contribution in [2.24, 2.45) is 11.5 Å². The zero-order chi connectivity index (χ0) is 10.3. The predicted molar refractivity (Wildman–Crippen MR) is 57.0 cm³/mol. The summed E-state index contributed by atoms with van der Waals surface area (Å²) < 4.78 is 0. The standard InChI is InChI=1S/C8H17N3O2.ClH/c1-6(12)11-8(13)7(10)4-2-3-5-9;/h7H,2-5,9-10H2,1H3,(H,11,12,13);1H/t7-;/m0./s1. The van der Waals surface area contributed by atoms with Gasteiger partial charge in [-0.05, 0) is 19.4 Å². The maximum Gasteiger partial charge on any atom is 0.243 e. The maximum absolute atomic E-state index is 11.1. The van der Waals surface area contributed by atoms with Crippen LogP contribution in [0, 0.1) is 0 Å². The molecule has 6 heteroatoms. The van der Waals surface area contributed by atoms with Crippen LogP contribution in [-0.4, -0.2) is 24.4 Å². The summed E-state index contributed by atoms with van der Waals surface area (Å²) in [6, 6.07) is -0.601. The van der Waals surface area contributed by atoms with E-state index in [4.69, 9.17) is 11.5 Å². The van der Waals surface area contributed by atoms with E-state index in [1.165, 1.54) is 6.92 Å². The number of unbranched alkanes of at least 4 members (excludes halogenated alkanes) is 1. The lowest BCUT2D eigenvalue weighted by Gasteiger charge is -2.09. The fraction of sp³-hybridized carbons (Fsp3) is 0.750. The number of rotatable bonds is 5. The van der Waals surface area contributed by atoms with Gasteiger partial charge >= 0.3 is 0 Å². The number of imide groups is 1. The largest absolute Gasteiger partial charge is 0.330 e. The van der Waals surface area contributed by atoms with Gasteiger partial charge in [-0.3, -0.25) is 14.9 Å². The Hall–Kier alpha value is -0.650. The molecule has 0 spiro atoms. The molecule has 0 bridgehead atoms. The van der Waals surface area contributed by atoms with Crippen LogP contribution < -0.4 is 16.8 Å². The van der Waals surface area contributed by atoms with Crippen LogP contribution in [0.1, 0.15) is 26.2 Å². The molecule has 0 aliphatic rings. The molecule has 0 aliphatic carbocycles. The van der Waals surface area contributed by atoms with Crippen LogP contribution in [-0.2, 0) is 9.59 Å². The van der Waals surface area contributed by atoms with Gasteiger partial charge in [0.05, 0.1) is 6.04 Å². The molecule has 5 N–H and O–H groups in total. The lowest BCUT2D eigenvalue weighted by molar-refractivity contribution is -0.130. The van der Waals surface area contributed by atoms with E-state index in [2.05, 4.69) is 5.32 Å². The molecule has 0 saturated carbocycles. The molecule has 0 radical (unpaired) electrons. The predicted octanol–water partition coefficient (Wildman–Crippen LogP) is -0.473. The minimum Gasteiger partial charge on any atom is -0.330 e. The number of nitrogens with two attached hydrogens (primary N) is 2. The van der Waals surface area contributed by atoms with Crippen molar-refractivity contribution >= 4 is 24.2 Å². The molecule has 0 unspecified atom stereocenters. The van der Waals surface area contributed by atoms with E-state index >= 15 is 0 Å². The molecule has 0 aromatic rings. The van der Waals surface area contributed by atoms with Gasteiger partial charge in [0.2, 0.25) is 11.8 Å². The van der Waals surface area contributed by atoms with Crippen LogP contribution in [0.5, 0.6) is 0 Å². The van der Waals surface area contributed by atoms with Gasteiger partial charge in [-0.2, -0.15) is 0 Å². The second-order valence-corrected chi connectivity index (χ2v) is 2.94. The minimum absolute atomic E-state index is 0. The molecular formula is C8H18ClN3O2. The van der Waals surface area contributed by atoms with Crippen LogP contribution in [0.2, 0.25) is 0 Å². The summed E-state index contributed by atoms with van der Waals surface area (Å²) in [5.74, 6) is -0.788. The second-order valence-electron chi connectivity index (χ2n) is 2.94. The molecule has 0 rings (SSSR count). The van der Waals surface area contributed by atoms with Crippen molar-refractivity contribution in [3.63, 3.8) is 0 Å². The first kappa shape index (κ1) is 15.8. The van der Waals surface area contributed by atoms with Gasteiger partial charge in [0.25, 0.3) is 0 Å². The number of halogens is 1. The molecule has 0 heterocycles. The summed E-state index contributed by atoms with van der Waals surface area (Å²) in [7, 11) is 0. The number of amides is 2. The van der Waals surface area contributed by atoms with Crippen LogP contribution in [0.3, 0.4) is 0 Å². The molecule has 0 aromatic carbocycles. The van der Waals surface area contributed by atoms with Gasteiger partial charge in [0.15, 0.2) is 0 Å². The Balaban J connectivity index is 0. The highest BCUT2D eigenvalue weighted by atomic mass is 35.5. The summed E-state index contributed by atoms with van der Waals surface area (Å²) in [4.78, 5) is 21.5. The molecular weight excluding hydrogens is 206 g/mol. The Labute approximate surface area is 90.0 Å². The second kappa shape index (κ2) is 8.93. The summed E-state index contributed by atoms with van der Waals surface area (Å²) in [5.41, 5.74) is 10.8. The molecule has 0 fully saturated rings. The Morgan fingerprint density at radius 1 is 1.36 bits per heavy atom. The first-order valence-electron chi connectivity index (χ1n) is 4.35. The third kappa shape index (κ3) is 7.97. The van der Waals surface area contributed by atoms with Crippen LogP contribution in [0.25, 0.3) is 0 Å². The van der Waals surface area contributed by atoms with Crippen molar-refractivity contribution in [3.8, 4) is 0 Å². The lowest BCUT2D eigenvalue weighted by Crippen LogP contribution is -2.42. The summed E-state index contributed by atoms with van der Waals surface area (Å²) in [5, 5.41) is 2.14. The van der Waals surface area contributed by atoms with Crippen LogP contribution in [0.4, 0.5) is 0 Å². The SMILES string of the molecule is CC(=O)NC(=O)[C@@H](N)CCCCN.Cl. The van der Waals surface area contributed by atoms with Crippen LogP contribution >= 0.6 is 12.4 Å². The minimum atomic E-state index is -0.601. The highest BCUT2D eigenvalue weighted by Gasteiger charge is 2.13. The number of carbonyl (C=O) groups excluding carboxylic acids is 2. The fourth-order valence-corrected chi connectivity index (χ4v) is 0.906. The monoisotopic (exact) mass is 223 g/mol. The van der Waals surface area contributed by atoms with E-state index in [0.717, 1.165) is 12.8 Å². The Kier molecular flexibility index (Phi) is 10.1. The van der Waals surface area contributed by atoms with Gasteiger partial charge in [-0.25, -0.2) is 0 Å². The van der Waals surface area contributed by atoms with E-state index in [1.54, 1.807) is 0 Å². The van der Waals surface area contributed by atoms with Crippen molar-refractivity contribution in [3.05, 3.63) is 0 Å². The van der Waals surface area contributed by atoms with E-state index in [1.807, 2.05) is 0 Å². The van der Waals surface area contributed by atoms with Gasteiger partial charge in [0.1, 0.15) is 0 Å². The van der Waals surface area contributed by atoms with Crippen molar-refractivity contribution in [2.45, 2.75) is 32.2 Å². The average molecular weight is 224 g/mol. The quantitative estimate of drug-likeness (QED) is 0.549. The van der Waals surface area contributed by atoms with E-state index in [9.17, 15) is 9.59 Å². The molecule has 0 aliphatic heterocycles. The molecule has 1 atom stereocenters. The van der Waals surface area contributed by atoms with Crippen molar-refractivity contribution in [1.82, 2.24) is 5.32 Å². The van der Waals surface area contributed by atoms with E-state index in [-0.39, 0.29) is 18.3 Å². The van der Waals surface area contributed by atoms with Gasteiger partial charge in [-0.15, -0.1) is 12.4 Å². The van der Waals surface area contributed by atoms with Crippen molar-refractivity contribution in [1.29, 1.82) is 0 Å². The Morgan fingerprint density at radius 3 is 2.36 bits per heavy atom. The summed E-state index contributed by atoms with van der Waals surface area (Å²) in [6.45, 7) is 1.88. The number of carbonyl (C=O) groups is 2. The summed E-state index contributed by atoms with van der Waals surface area (Å²) >= 11 is 0. The first-order chi connectivity index (χ1) is 6.07. The smallest absolute Gasteiger partial charge is 0.243 e. The molecule has 2 amide bonds. The highest BCUT2D eigenvalue weighted by molar-refractivity contribution is 5.96. The number of hydrogen-bond acceptors (Lipinski definition) is 4. The van der Waals surface area contributed by atoms with Gasteiger partial charge in [-0.1, -0.05) is 6.42 Å². The Morgan fingerprint density at radius 2 is 1.93 bits per heavy atom. The maximum atomic E-state index is 11.1. The van der Waals surface area contributed by atoms with E-state index < -0.39 is 11.9 Å². The summed E-state index contributed by atoms with van der Waals surface area (Å²) in [6.07, 6.45) is 2.22. The topological polar surface area (TPSA) is 98.2 Å². The molecule has 14 heavy (non-hydrogen) atoms. The molecule has 5 nitrogen and oxygen atoms in total. The third-order valence-electron chi connectivity index (χ3n) is 1.61. The zero-order valence-electron chi connectivity index (χ0n) is 8.29. The number of nitrogens with one attached hydrogen (secondary N) is 1. The highest BCUT2D eigenvalue weighted by Crippen LogP contribution is 1.97. The zero-order valence-corrected chi connectivity index (χ0v) is 9.10. The average Bonchev–Trinajstić information content (AvgIpc) is 2.03. The van der Waals surface area contributed by atoms with E-state index in [0.29, 0.717) is 13.0 Å². The van der Waals surface area contributed by atoms with Crippen molar-refractivity contribution in [2.75, 3.05) is 6.54 Å². The van der Waals surface area contributed by atoms with Gasteiger partial charge in [0, 0.05) is 6.92 Å². The normalized spacial score (nSPS) is 11.4. The Bertz CT molecular complexity index is 187.